The van der Waals surface area contributed by atoms with E-state index in [1.54, 1.807) is 4.90 Å². The van der Waals surface area contributed by atoms with Gasteiger partial charge >= 0.3 is 0 Å². The maximum atomic E-state index is 12.1. The predicted molar refractivity (Wildman–Crippen MR) is 91.9 cm³/mol. The highest BCUT2D eigenvalue weighted by atomic mass is 32.2. The summed E-state index contributed by atoms with van der Waals surface area (Å²) in [5.41, 5.74) is 0. The highest BCUT2D eigenvalue weighted by Crippen LogP contribution is 2.14. The molecule has 0 bridgehead atoms. The number of amides is 1. The van der Waals surface area contributed by atoms with Gasteiger partial charge in [-0.25, -0.2) is 21.6 Å². The molecule has 9 heteroatoms. The van der Waals surface area contributed by atoms with Crippen LogP contribution >= 0.6 is 0 Å². The summed E-state index contributed by atoms with van der Waals surface area (Å²) < 4.78 is 49.4. The van der Waals surface area contributed by atoms with Gasteiger partial charge in [0.15, 0.2) is 9.84 Å². The van der Waals surface area contributed by atoms with E-state index in [-0.39, 0.29) is 28.7 Å². The van der Waals surface area contributed by atoms with Gasteiger partial charge in [0.05, 0.1) is 9.79 Å². The molecule has 0 aliphatic carbocycles. The van der Waals surface area contributed by atoms with Gasteiger partial charge in [0.25, 0.3) is 0 Å². The molecule has 7 nitrogen and oxygen atoms in total. The number of nitrogens with one attached hydrogen (secondary N) is 1. The van der Waals surface area contributed by atoms with Crippen molar-refractivity contribution < 1.29 is 21.6 Å². The average Bonchev–Trinajstić information content (AvgIpc) is 2.52. The van der Waals surface area contributed by atoms with Crippen molar-refractivity contribution in [2.75, 3.05) is 25.9 Å². The first kappa shape index (κ1) is 20.6. The lowest BCUT2D eigenvalue weighted by atomic mass is 10.3. The Morgan fingerprint density at radius 3 is 1.96 bits per heavy atom. The Morgan fingerprint density at radius 2 is 1.50 bits per heavy atom. The van der Waals surface area contributed by atoms with Gasteiger partial charge in [-0.1, -0.05) is 0 Å². The second-order valence-electron chi connectivity index (χ2n) is 5.31. The van der Waals surface area contributed by atoms with Crippen LogP contribution in [0.2, 0.25) is 0 Å². The van der Waals surface area contributed by atoms with Crippen molar-refractivity contribution in [3.05, 3.63) is 24.3 Å². The van der Waals surface area contributed by atoms with E-state index in [0.29, 0.717) is 19.5 Å². The fourth-order valence-electron chi connectivity index (χ4n) is 2.13. The summed E-state index contributed by atoms with van der Waals surface area (Å²) in [5.74, 6) is -0.00305. The third-order valence-electron chi connectivity index (χ3n) is 3.54. The minimum atomic E-state index is -3.72. The van der Waals surface area contributed by atoms with E-state index in [4.69, 9.17) is 0 Å². The van der Waals surface area contributed by atoms with Gasteiger partial charge in [0.2, 0.25) is 15.9 Å². The molecule has 0 aliphatic rings. The van der Waals surface area contributed by atoms with Crippen LogP contribution in [0.5, 0.6) is 0 Å². The van der Waals surface area contributed by atoms with E-state index in [2.05, 4.69) is 4.72 Å². The summed E-state index contributed by atoms with van der Waals surface area (Å²) in [6, 6.07) is 5.02. The Morgan fingerprint density at radius 1 is 1.00 bits per heavy atom. The first-order chi connectivity index (χ1) is 11.1. The Hall–Kier alpha value is -1.45. The van der Waals surface area contributed by atoms with Crippen molar-refractivity contribution in [2.24, 2.45) is 0 Å². The maximum Gasteiger partial charge on any atom is 0.240 e. The number of hydrogen-bond acceptors (Lipinski definition) is 5. The van der Waals surface area contributed by atoms with Crippen LogP contribution in [0.1, 0.15) is 26.7 Å². The highest BCUT2D eigenvalue weighted by molar-refractivity contribution is 7.90. The normalized spacial score (nSPS) is 12.1. The fraction of sp³-hybridized carbons (Fsp3) is 0.533. The van der Waals surface area contributed by atoms with Crippen LogP contribution in [-0.2, 0) is 24.7 Å². The maximum absolute atomic E-state index is 12.1. The van der Waals surface area contributed by atoms with Crippen molar-refractivity contribution in [1.82, 2.24) is 9.62 Å². The lowest BCUT2D eigenvalue weighted by Gasteiger charge is -2.18. The zero-order chi connectivity index (χ0) is 18.4. The summed E-state index contributed by atoms with van der Waals surface area (Å²) in [5, 5.41) is 0. The van der Waals surface area contributed by atoms with E-state index >= 15 is 0 Å². The second-order valence-corrected chi connectivity index (χ2v) is 9.09. The first-order valence-electron chi connectivity index (χ1n) is 7.69. The molecule has 24 heavy (non-hydrogen) atoms. The van der Waals surface area contributed by atoms with Crippen molar-refractivity contribution in [3.8, 4) is 0 Å². The monoisotopic (exact) mass is 376 g/mol. The molecule has 1 N–H and O–H groups in total. The molecule has 1 aromatic carbocycles. The van der Waals surface area contributed by atoms with Crippen LogP contribution in [0, 0.1) is 0 Å². The van der Waals surface area contributed by atoms with Crippen molar-refractivity contribution in [2.45, 2.75) is 36.5 Å². The van der Waals surface area contributed by atoms with Crippen LogP contribution in [0.15, 0.2) is 34.1 Å². The molecule has 0 heterocycles. The van der Waals surface area contributed by atoms with Gasteiger partial charge in [0, 0.05) is 32.3 Å². The number of benzene rings is 1. The summed E-state index contributed by atoms with van der Waals surface area (Å²) in [7, 11) is -7.09. The number of carbonyl (C=O) groups excluding carboxylic acids is 1. The van der Waals surface area contributed by atoms with E-state index in [9.17, 15) is 21.6 Å². The smallest absolute Gasteiger partial charge is 0.240 e. The molecular formula is C15H24N2O5S2. The molecule has 0 aliphatic heterocycles. The van der Waals surface area contributed by atoms with Gasteiger partial charge in [-0.2, -0.15) is 0 Å². The van der Waals surface area contributed by atoms with E-state index in [1.807, 2.05) is 13.8 Å². The number of sulfone groups is 1. The zero-order valence-electron chi connectivity index (χ0n) is 14.1. The molecule has 1 amide bonds. The van der Waals surface area contributed by atoms with E-state index in [0.717, 1.165) is 6.26 Å². The first-order valence-corrected chi connectivity index (χ1v) is 11.1. The van der Waals surface area contributed by atoms with Gasteiger partial charge < -0.3 is 4.90 Å². The summed E-state index contributed by atoms with van der Waals surface area (Å²) in [6.07, 6.45) is 1.73. The largest absolute Gasteiger partial charge is 0.343 e. The van der Waals surface area contributed by atoms with Gasteiger partial charge in [-0.05, 0) is 44.5 Å². The molecule has 0 fully saturated rings. The minimum Gasteiger partial charge on any atom is -0.343 e. The SMILES string of the molecule is CCN(CC)C(=O)CCCNS(=O)(=O)c1ccc(S(C)(=O)=O)cc1. The van der Waals surface area contributed by atoms with Gasteiger partial charge in [0.1, 0.15) is 0 Å². The number of sulfonamides is 1. The molecule has 136 valence electrons. The average molecular weight is 377 g/mol. The van der Waals surface area contributed by atoms with E-state index < -0.39 is 19.9 Å². The topological polar surface area (TPSA) is 101 Å². The molecule has 0 saturated heterocycles. The Kier molecular flexibility index (Phi) is 7.37. The lowest BCUT2D eigenvalue weighted by Crippen LogP contribution is -2.31. The lowest BCUT2D eigenvalue weighted by molar-refractivity contribution is -0.130. The van der Waals surface area contributed by atoms with E-state index in [1.165, 1.54) is 24.3 Å². The van der Waals surface area contributed by atoms with Crippen LogP contribution < -0.4 is 4.72 Å². The Labute approximate surface area is 144 Å². The minimum absolute atomic E-state index is 0.00305. The second kappa shape index (κ2) is 8.59. The van der Waals surface area contributed by atoms with Crippen LogP contribution in [-0.4, -0.2) is 53.5 Å². The molecule has 0 spiro atoms. The van der Waals surface area contributed by atoms with Crippen LogP contribution in [0.4, 0.5) is 0 Å². The van der Waals surface area contributed by atoms with Crippen LogP contribution in [0.3, 0.4) is 0 Å². The molecule has 1 aromatic rings. The predicted octanol–water partition coefficient (Wildman–Crippen LogP) is 1.02. The Bertz CT molecular complexity index is 752. The third-order valence-corrected chi connectivity index (χ3v) is 6.14. The van der Waals surface area contributed by atoms with Crippen LogP contribution in [0.25, 0.3) is 0 Å². The van der Waals surface area contributed by atoms with Crippen molar-refractivity contribution in [1.29, 1.82) is 0 Å². The fourth-order valence-corrected chi connectivity index (χ4v) is 3.83. The van der Waals surface area contributed by atoms with Gasteiger partial charge in [-0.3, -0.25) is 4.79 Å². The third kappa shape index (κ3) is 5.88. The summed E-state index contributed by atoms with van der Waals surface area (Å²) in [6.45, 7) is 5.19. The van der Waals surface area contributed by atoms with Gasteiger partial charge in [-0.15, -0.1) is 0 Å². The summed E-state index contributed by atoms with van der Waals surface area (Å²) in [4.78, 5) is 13.6. The number of rotatable bonds is 9. The number of hydrogen-bond donors (Lipinski definition) is 1. The molecular weight excluding hydrogens is 352 g/mol. The number of nitrogens with zero attached hydrogens (tertiary/aromatic N) is 1. The standard InChI is InChI=1S/C15H24N2O5S2/c1-4-17(5-2)15(18)7-6-12-16-24(21,22)14-10-8-13(9-11-14)23(3,19)20/h8-11,16H,4-7,12H2,1-3H3. The molecule has 1 rings (SSSR count). The molecule has 0 aromatic heterocycles. The molecule has 0 unspecified atom stereocenters. The molecule has 0 radical (unpaired) electrons. The molecule has 0 saturated carbocycles. The number of carbonyl (C=O) groups is 1. The quantitative estimate of drug-likeness (QED) is 0.649. The Balaban J connectivity index is 2.60. The zero-order valence-corrected chi connectivity index (χ0v) is 15.8. The highest BCUT2D eigenvalue weighted by Gasteiger charge is 2.16. The van der Waals surface area contributed by atoms with Crippen molar-refractivity contribution >= 4 is 25.8 Å². The van der Waals surface area contributed by atoms with Crippen molar-refractivity contribution in [3.63, 3.8) is 0 Å². The summed E-state index contributed by atoms with van der Waals surface area (Å²) >= 11 is 0. The molecule has 0 atom stereocenters.